The Kier molecular flexibility index (Phi) is 3.92. The highest BCUT2D eigenvalue weighted by atomic mass is 19.4. The van der Waals surface area contributed by atoms with E-state index in [1.165, 1.54) is 29.2 Å². The van der Waals surface area contributed by atoms with Crippen LogP contribution >= 0.6 is 0 Å². The van der Waals surface area contributed by atoms with Crippen molar-refractivity contribution in [3.63, 3.8) is 0 Å². The summed E-state index contributed by atoms with van der Waals surface area (Å²) in [6.07, 6.45) is -1.41. The van der Waals surface area contributed by atoms with Crippen LogP contribution < -0.4 is 5.32 Å². The fourth-order valence-corrected chi connectivity index (χ4v) is 2.07. The molecule has 8 heteroatoms. The summed E-state index contributed by atoms with van der Waals surface area (Å²) in [4.78, 5) is 4.06. The second-order valence-corrected chi connectivity index (χ2v) is 4.87. The first-order valence-corrected chi connectivity index (χ1v) is 6.82. The minimum atomic E-state index is -4.41. The van der Waals surface area contributed by atoms with Crippen LogP contribution in [0.3, 0.4) is 0 Å². The highest BCUT2D eigenvalue weighted by Gasteiger charge is 2.30. The summed E-state index contributed by atoms with van der Waals surface area (Å²) in [5, 5.41) is 15.8. The first kappa shape index (κ1) is 15.6. The lowest BCUT2D eigenvalue weighted by Gasteiger charge is -2.08. The smallest absolute Gasteiger partial charge is 0.338 e. The number of aromatic nitrogens is 3. The Morgan fingerprint density at radius 2 is 1.92 bits per heavy atom. The van der Waals surface area contributed by atoms with Crippen molar-refractivity contribution in [3.8, 4) is 11.8 Å². The van der Waals surface area contributed by atoms with Crippen molar-refractivity contribution in [2.24, 2.45) is 0 Å². The lowest BCUT2D eigenvalue weighted by Crippen LogP contribution is -2.06. The Balaban J connectivity index is 1.84. The predicted molar refractivity (Wildman–Crippen MR) is 80.8 cm³/mol. The molecule has 0 saturated heterocycles. The van der Waals surface area contributed by atoms with Crippen LogP contribution in [-0.2, 0) is 6.18 Å². The van der Waals surface area contributed by atoms with Gasteiger partial charge in [-0.25, -0.2) is 9.67 Å². The highest BCUT2D eigenvalue weighted by molar-refractivity contribution is 5.55. The summed E-state index contributed by atoms with van der Waals surface area (Å²) in [6.45, 7) is 0. The van der Waals surface area contributed by atoms with E-state index in [0.29, 0.717) is 11.5 Å². The molecule has 0 saturated carbocycles. The van der Waals surface area contributed by atoms with Crippen molar-refractivity contribution in [2.75, 3.05) is 5.32 Å². The van der Waals surface area contributed by atoms with Crippen molar-refractivity contribution in [3.05, 3.63) is 66.1 Å². The Morgan fingerprint density at radius 1 is 1.12 bits per heavy atom. The molecule has 0 amide bonds. The quantitative estimate of drug-likeness (QED) is 0.791. The molecule has 2 aromatic heterocycles. The summed E-state index contributed by atoms with van der Waals surface area (Å²) in [7, 11) is 0. The molecule has 120 valence electrons. The number of halogens is 3. The molecule has 0 bridgehead atoms. The number of nitriles is 1. The van der Waals surface area contributed by atoms with Crippen LogP contribution in [0.15, 0.2) is 54.9 Å². The van der Waals surface area contributed by atoms with E-state index in [1.54, 1.807) is 18.2 Å². The number of nitrogens with zero attached hydrogens (tertiary/aromatic N) is 4. The molecule has 1 N–H and O–H groups in total. The van der Waals surface area contributed by atoms with Gasteiger partial charge < -0.3 is 5.32 Å². The van der Waals surface area contributed by atoms with Gasteiger partial charge in [0, 0.05) is 0 Å². The van der Waals surface area contributed by atoms with Gasteiger partial charge in [0.1, 0.15) is 17.6 Å². The van der Waals surface area contributed by atoms with Gasteiger partial charge in [0.25, 0.3) is 0 Å². The molecule has 2 heterocycles. The summed E-state index contributed by atoms with van der Waals surface area (Å²) in [6, 6.07) is 11.7. The largest absolute Gasteiger partial charge is 0.416 e. The zero-order chi connectivity index (χ0) is 17.2. The van der Waals surface area contributed by atoms with Crippen molar-refractivity contribution in [2.45, 2.75) is 6.18 Å². The normalized spacial score (nSPS) is 11.1. The molecule has 0 atom stereocenters. The molecule has 0 aliphatic heterocycles. The topological polar surface area (TPSA) is 66.5 Å². The Bertz CT molecular complexity index is 908. The Hall–Kier alpha value is -3.34. The monoisotopic (exact) mass is 329 g/mol. The molecule has 3 aromatic rings. The second-order valence-electron chi connectivity index (χ2n) is 4.87. The maximum atomic E-state index is 12.8. The van der Waals surface area contributed by atoms with Gasteiger partial charge in [-0.05, 0) is 30.3 Å². The standard InChI is InChI=1S/C16H10F3N5/c17-16(18,19)11-3-1-5-14(7-11)24-10-13(9-21-24)23-15-6-2-4-12(8-20)22-15/h1-7,9-10H,(H,22,23). The predicted octanol–water partition coefficient (Wildman–Crippen LogP) is 3.90. The molecule has 0 spiro atoms. The molecular formula is C16H10F3N5. The minimum absolute atomic E-state index is 0.255. The number of anilines is 2. The van der Waals surface area contributed by atoms with Crippen molar-refractivity contribution in [1.29, 1.82) is 5.26 Å². The third-order valence-corrected chi connectivity index (χ3v) is 3.16. The van der Waals surface area contributed by atoms with Crippen LogP contribution in [0, 0.1) is 11.3 Å². The van der Waals surface area contributed by atoms with E-state index in [1.807, 2.05) is 6.07 Å². The van der Waals surface area contributed by atoms with E-state index in [-0.39, 0.29) is 11.4 Å². The van der Waals surface area contributed by atoms with Gasteiger partial charge in [0.05, 0.1) is 29.3 Å². The molecule has 3 rings (SSSR count). The molecule has 0 aliphatic carbocycles. The molecule has 0 fully saturated rings. The maximum absolute atomic E-state index is 12.8. The van der Waals surface area contributed by atoms with Crippen LogP contribution in [-0.4, -0.2) is 14.8 Å². The zero-order valence-electron chi connectivity index (χ0n) is 12.1. The maximum Gasteiger partial charge on any atom is 0.416 e. The van der Waals surface area contributed by atoms with Crippen LogP contribution in [0.5, 0.6) is 0 Å². The second kappa shape index (κ2) is 6.04. The summed E-state index contributed by atoms with van der Waals surface area (Å²) in [5.41, 5.74) is 0.338. The molecular weight excluding hydrogens is 319 g/mol. The van der Waals surface area contributed by atoms with E-state index in [9.17, 15) is 13.2 Å². The highest BCUT2D eigenvalue weighted by Crippen LogP contribution is 2.30. The van der Waals surface area contributed by atoms with Gasteiger partial charge in [0.15, 0.2) is 0 Å². The number of benzene rings is 1. The van der Waals surface area contributed by atoms with E-state index < -0.39 is 11.7 Å². The van der Waals surface area contributed by atoms with E-state index in [4.69, 9.17) is 5.26 Å². The summed E-state index contributed by atoms with van der Waals surface area (Å²) in [5.74, 6) is 0.442. The average molecular weight is 329 g/mol. The first-order chi connectivity index (χ1) is 11.5. The third kappa shape index (κ3) is 3.35. The zero-order valence-corrected chi connectivity index (χ0v) is 12.1. The Labute approximate surface area is 135 Å². The lowest BCUT2D eigenvalue weighted by atomic mass is 10.2. The molecule has 1 aromatic carbocycles. The fraction of sp³-hybridized carbons (Fsp3) is 0.0625. The molecule has 5 nitrogen and oxygen atoms in total. The summed E-state index contributed by atoms with van der Waals surface area (Å²) < 4.78 is 39.6. The van der Waals surface area contributed by atoms with Crippen LogP contribution in [0.2, 0.25) is 0 Å². The van der Waals surface area contributed by atoms with Gasteiger partial charge in [0.2, 0.25) is 0 Å². The van der Waals surface area contributed by atoms with E-state index in [0.717, 1.165) is 12.1 Å². The first-order valence-electron chi connectivity index (χ1n) is 6.82. The van der Waals surface area contributed by atoms with E-state index >= 15 is 0 Å². The molecule has 24 heavy (non-hydrogen) atoms. The number of pyridine rings is 1. The van der Waals surface area contributed by atoms with Crippen LogP contribution in [0.1, 0.15) is 11.3 Å². The van der Waals surface area contributed by atoms with Crippen LogP contribution in [0.4, 0.5) is 24.7 Å². The van der Waals surface area contributed by atoms with Gasteiger partial charge in [-0.2, -0.15) is 23.5 Å². The van der Waals surface area contributed by atoms with Gasteiger partial charge in [-0.3, -0.25) is 0 Å². The molecule has 0 radical (unpaired) electrons. The van der Waals surface area contributed by atoms with E-state index in [2.05, 4.69) is 15.4 Å². The molecule has 0 unspecified atom stereocenters. The SMILES string of the molecule is N#Cc1cccc(Nc2cnn(-c3cccc(C(F)(F)F)c3)c2)n1. The average Bonchev–Trinajstić information content (AvgIpc) is 3.03. The van der Waals surface area contributed by atoms with Gasteiger partial charge in [-0.1, -0.05) is 12.1 Å². The fourth-order valence-electron chi connectivity index (χ4n) is 2.07. The number of hydrogen-bond acceptors (Lipinski definition) is 4. The van der Waals surface area contributed by atoms with Gasteiger partial charge >= 0.3 is 6.18 Å². The lowest BCUT2D eigenvalue weighted by molar-refractivity contribution is -0.137. The van der Waals surface area contributed by atoms with Crippen molar-refractivity contribution < 1.29 is 13.2 Å². The van der Waals surface area contributed by atoms with Crippen LogP contribution in [0.25, 0.3) is 5.69 Å². The van der Waals surface area contributed by atoms with Crippen molar-refractivity contribution in [1.82, 2.24) is 14.8 Å². The Morgan fingerprint density at radius 3 is 2.67 bits per heavy atom. The van der Waals surface area contributed by atoms with Gasteiger partial charge in [-0.15, -0.1) is 0 Å². The number of hydrogen-bond donors (Lipinski definition) is 1. The minimum Gasteiger partial charge on any atom is -0.338 e. The number of rotatable bonds is 3. The summed E-state index contributed by atoms with van der Waals surface area (Å²) >= 11 is 0. The third-order valence-electron chi connectivity index (χ3n) is 3.16. The number of nitrogens with one attached hydrogen (secondary N) is 1. The molecule has 0 aliphatic rings. The van der Waals surface area contributed by atoms with Crippen molar-refractivity contribution >= 4 is 11.5 Å². The number of alkyl halides is 3.